The second-order valence-electron chi connectivity index (χ2n) is 3.92. The molecule has 0 amide bonds. The van der Waals surface area contributed by atoms with Crippen LogP contribution < -0.4 is 0 Å². The Labute approximate surface area is 79.4 Å². The van der Waals surface area contributed by atoms with Crippen LogP contribution >= 0.6 is 0 Å². The minimum absolute atomic E-state index is 0.124. The van der Waals surface area contributed by atoms with Crippen LogP contribution in [-0.2, 0) is 0 Å². The molecule has 0 radical (unpaired) electrons. The van der Waals surface area contributed by atoms with Crippen LogP contribution in [0.2, 0.25) is 6.04 Å². The quantitative estimate of drug-likeness (QED) is 0.607. The summed E-state index contributed by atoms with van der Waals surface area (Å²) >= 11 is 0. The van der Waals surface area contributed by atoms with Crippen LogP contribution in [-0.4, -0.2) is 26.8 Å². The maximum Gasteiger partial charge on any atom is 0.0951 e. The first-order chi connectivity index (χ1) is 5.88. The van der Waals surface area contributed by atoms with Crippen molar-refractivity contribution in [3.8, 4) is 0 Å². The smallest absolute Gasteiger partial charge is 0.0951 e. The highest BCUT2D eigenvalue weighted by molar-refractivity contribution is 6.31. The van der Waals surface area contributed by atoms with E-state index < -0.39 is 0 Å². The Kier molecular flexibility index (Phi) is 4.92. The van der Waals surface area contributed by atoms with Crippen LogP contribution in [0.15, 0.2) is 0 Å². The van der Waals surface area contributed by atoms with Crippen LogP contribution in [0.4, 0.5) is 0 Å². The van der Waals surface area contributed by atoms with Crippen LogP contribution in [0.5, 0.6) is 0 Å². The van der Waals surface area contributed by atoms with Crippen molar-refractivity contribution in [1.29, 1.82) is 0 Å². The SMILES string of the molecule is CC[SiH2]N(CC)C1CCCCC1. The van der Waals surface area contributed by atoms with Gasteiger partial charge in [-0.25, -0.2) is 0 Å². The van der Waals surface area contributed by atoms with Crippen molar-refractivity contribution in [2.45, 2.75) is 58.0 Å². The van der Waals surface area contributed by atoms with Gasteiger partial charge in [0.25, 0.3) is 0 Å². The largest absolute Gasteiger partial charge is 0.327 e. The third kappa shape index (κ3) is 2.90. The van der Waals surface area contributed by atoms with Gasteiger partial charge in [-0.2, -0.15) is 0 Å². The lowest BCUT2D eigenvalue weighted by atomic mass is 9.95. The Hall–Kier alpha value is 0.177. The van der Waals surface area contributed by atoms with Gasteiger partial charge in [0.2, 0.25) is 0 Å². The van der Waals surface area contributed by atoms with Crippen LogP contribution in [0, 0.1) is 0 Å². The van der Waals surface area contributed by atoms with E-state index in [0.717, 1.165) is 6.04 Å². The maximum absolute atomic E-state index is 2.80. The van der Waals surface area contributed by atoms with Gasteiger partial charge in [0.15, 0.2) is 0 Å². The summed E-state index contributed by atoms with van der Waals surface area (Å²) in [6, 6.07) is 2.43. The molecule has 1 aliphatic rings. The lowest BCUT2D eigenvalue weighted by molar-refractivity contribution is 0.265. The molecule has 0 aromatic carbocycles. The number of rotatable bonds is 4. The van der Waals surface area contributed by atoms with Crippen LogP contribution in [0.25, 0.3) is 0 Å². The Morgan fingerprint density at radius 1 is 1.17 bits per heavy atom. The number of nitrogens with zero attached hydrogens (tertiary/aromatic N) is 1. The highest BCUT2D eigenvalue weighted by Gasteiger charge is 2.18. The van der Waals surface area contributed by atoms with Gasteiger partial charge in [0, 0.05) is 6.04 Å². The van der Waals surface area contributed by atoms with Crippen molar-refractivity contribution < 1.29 is 0 Å². The number of hydrogen-bond acceptors (Lipinski definition) is 1. The standard InChI is InChI=1S/C10H23NSi/c1-3-11(12-4-2)10-8-6-5-7-9-10/h10H,3-9,12H2,1-2H3. The Morgan fingerprint density at radius 2 is 1.83 bits per heavy atom. The zero-order valence-electron chi connectivity index (χ0n) is 8.68. The van der Waals surface area contributed by atoms with Gasteiger partial charge >= 0.3 is 0 Å². The van der Waals surface area contributed by atoms with E-state index in [4.69, 9.17) is 0 Å². The molecule has 1 saturated carbocycles. The van der Waals surface area contributed by atoms with E-state index in [0.29, 0.717) is 0 Å². The molecule has 0 aromatic rings. The first kappa shape index (κ1) is 10.3. The van der Waals surface area contributed by atoms with Crippen LogP contribution in [0.3, 0.4) is 0 Å². The van der Waals surface area contributed by atoms with Crippen molar-refractivity contribution in [1.82, 2.24) is 4.57 Å². The van der Waals surface area contributed by atoms with E-state index in [2.05, 4.69) is 18.4 Å². The van der Waals surface area contributed by atoms with Crippen molar-refractivity contribution in [2.75, 3.05) is 6.54 Å². The molecule has 0 atom stereocenters. The van der Waals surface area contributed by atoms with Gasteiger partial charge in [0.05, 0.1) is 9.68 Å². The van der Waals surface area contributed by atoms with Crippen molar-refractivity contribution >= 4 is 9.68 Å². The zero-order chi connectivity index (χ0) is 8.81. The molecule has 0 aliphatic heterocycles. The average molecular weight is 185 g/mol. The third-order valence-electron chi connectivity index (χ3n) is 3.01. The molecule has 1 rings (SSSR count). The molecule has 0 bridgehead atoms. The molecule has 1 nitrogen and oxygen atoms in total. The minimum Gasteiger partial charge on any atom is -0.327 e. The fourth-order valence-electron chi connectivity index (χ4n) is 2.33. The highest BCUT2D eigenvalue weighted by Crippen LogP contribution is 2.21. The molecule has 1 aliphatic carbocycles. The van der Waals surface area contributed by atoms with E-state index in [-0.39, 0.29) is 9.68 Å². The molecule has 0 unspecified atom stereocenters. The second-order valence-corrected chi connectivity index (χ2v) is 6.18. The summed E-state index contributed by atoms with van der Waals surface area (Å²) in [4.78, 5) is 0. The monoisotopic (exact) mass is 185 g/mol. The average Bonchev–Trinajstić information content (AvgIpc) is 2.15. The zero-order valence-corrected chi connectivity index (χ0v) is 10.1. The lowest BCUT2D eigenvalue weighted by Crippen LogP contribution is -2.38. The second kappa shape index (κ2) is 5.76. The fourth-order valence-corrected chi connectivity index (χ4v) is 3.95. The van der Waals surface area contributed by atoms with E-state index >= 15 is 0 Å². The molecule has 0 spiro atoms. The normalized spacial score (nSPS) is 21.2. The molecule has 12 heavy (non-hydrogen) atoms. The van der Waals surface area contributed by atoms with Gasteiger partial charge in [-0.3, -0.25) is 0 Å². The predicted molar refractivity (Wildman–Crippen MR) is 58.3 cm³/mol. The summed E-state index contributed by atoms with van der Waals surface area (Å²) in [6.07, 6.45) is 7.43. The van der Waals surface area contributed by atoms with Crippen LogP contribution in [0.1, 0.15) is 46.0 Å². The van der Waals surface area contributed by atoms with Gasteiger partial charge in [-0.15, -0.1) is 0 Å². The molecule has 0 heterocycles. The van der Waals surface area contributed by atoms with E-state index in [9.17, 15) is 0 Å². The van der Waals surface area contributed by atoms with Gasteiger partial charge in [-0.05, 0) is 19.4 Å². The van der Waals surface area contributed by atoms with Gasteiger partial charge in [-0.1, -0.05) is 39.2 Å². The fraction of sp³-hybridized carbons (Fsp3) is 1.00. The topological polar surface area (TPSA) is 3.24 Å². The van der Waals surface area contributed by atoms with E-state index in [1.54, 1.807) is 0 Å². The summed E-state index contributed by atoms with van der Waals surface area (Å²) in [6.45, 7) is 5.99. The Morgan fingerprint density at radius 3 is 2.33 bits per heavy atom. The van der Waals surface area contributed by atoms with E-state index in [1.807, 2.05) is 0 Å². The summed E-state index contributed by atoms with van der Waals surface area (Å²) in [5, 5.41) is 0. The molecular weight excluding hydrogens is 162 g/mol. The highest BCUT2D eigenvalue weighted by atomic mass is 28.2. The Bertz CT molecular complexity index is 108. The predicted octanol–water partition coefficient (Wildman–Crippen LogP) is 2.16. The molecular formula is C10H23NSi. The molecule has 2 heteroatoms. The molecule has 0 saturated heterocycles. The molecule has 1 fully saturated rings. The van der Waals surface area contributed by atoms with Gasteiger partial charge in [0.1, 0.15) is 0 Å². The molecule has 0 N–H and O–H groups in total. The summed E-state index contributed by atoms with van der Waals surface area (Å²) < 4.78 is 2.80. The minimum atomic E-state index is 0.124. The Balaban J connectivity index is 2.29. The van der Waals surface area contributed by atoms with Gasteiger partial charge < -0.3 is 4.57 Å². The van der Waals surface area contributed by atoms with Crippen molar-refractivity contribution in [3.63, 3.8) is 0 Å². The molecule has 0 aromatic heterocycles. The summed E-state index contributed by atoms with van der Waals surface area (Å²) in [5.41, 5.74) is 0. The van der Waals surface area contributed by atoms with E-state index in [1.165, 1.54) is 44.7 Å². The first-order valence-electron chi connectivity index (χ1n) is 5.62. The first-order valence-corrected chi connectivity index (χ1v) is 7.25. The van der Waals surface area contributed by atoms with Crippen molar-refractivity contribution in [3.05, 3.63) is 0 Å². The summed E-state index contributed by atoms with van der Waals surface area (Å²) in [5.74, 6) is 0. The molecule has 72 valence electrons. The third-order valence-corrected chi connectivity index (χ3v) is 4.99. The lowest BCUT2D eigenvalue weighted by Gasteiger charge is -2.33. The maximum atomic E-state index is 2.80. The number of hydrogen-bond donors (Lipinski definition) is 0. The summed E-state index contributed by atoms with van der Waals surface area (Å²) in [7, 11) is 0.124. The van der Waals surface area contributed by atoms with Crippen molar-refractivity contribution in [2.24, 2.45) is 0 Å².